The van der Waals surface area contributed by atoms with Gasteiger partial charge in [-0.3, -0.25) is 9.78 Å². The fraction of sp³-hybridized carbons (Fsp3) is 0.333. The highest BCUT2D eigenvalue weighted by Gasteiger charge is 2.23. The van der Waals surface area contributed by atoms with Gasteiger partial charge in [0.15, 0.2) is 0 Å². The Bertz CT molecular complexity index is 718. The van der Waals surface area contributed by atoms with Crippen LogP contribution in [0, 0.1) is 0 Å². The maximum Gasteiger partial charge on any atom is 0.259 e. The van der Waals surface area contributed by atoms with Crippen LogP contribution in [0.3, 0.4) is 0 Å². The number of amides is 1. The standard InChI is InChI=1S/C18H19ClN2O2/c1-23-12-13-8-15(11-20-10-13)18(22)21-7-3-2-4-14-9-16(19)5-6-17(14)21/h5-6,8-11H,2-4,7,12H2,1H3. The zero-order valence-corrected chi connectivity index (χ0v) is 13.8. The summed E-state index contributed by atoms with van der Waals surface area (Å²) in [4.78, 5) is 19.0. The molecule has 0 saturated heterocycles. The number of halogens is 1. The molecule has 5 heteroatoms. The number of benzene rings is 1. The first-order valence-electron chi connectivity index (χ1n) is 7.72. The van der Waals surface area contributed by atoms with Gasteiger partial charge in [-0.25, -0.2) is 0 Å². The van der Waals surface area contributed by atoms with Crippen LogP contribution >= 0.6 is 11.6 Å². The number of carbonyl (C=O) groups excluding carboxylic acids is 1. The van der Waals surface area contributed by atoms with Crippen LogP contribution in [0.25, 0.3) is 0 Å². The van der Waals surface area contributed by atoms with Gasteiger partial charge in [0.1, 0.15) is 0 Å². The monoisotopic (exact) mass is 330 g/mol. The van der Waals surface area contributed by atoms with Gasteiger partial charge in [-0.2, -0.15) is 0 Å². The SMILES string of the molecule is COCc1cncc(C(=O)N2CCCCc3cc(Cl)ccc32)c1. The van der Waals surface area contributed by atoms with Crippen molar-refractivity contribution < 1.29 is 9.53 Å². The number of rotatable bonds is 3. The van der Waals surface area contributed by atoms with Crippen LogP contribution in [0.4, 0.5) is 5.69 Å². The fourth-order valence-corrected chi connectivity index (χ4v) is 3.14. The van der Waals surface area contributed by atoms with Crippen LogP contribution in [-0.4, -0.2) is 24.5 Å². The van der Waals surface area contributed by atoms with Crippen molar-refractivity contribution in [3.8, 4) is 0 Å². The minimum Gasteiger partial charge on any atom is -0.380 e. The summed E-state index contributed by atoms with van der Waals surface area (Å²) in [6.07, 6.45) is 6.31. The van der Waals surface area contributed by atoms with Crippen LogP contribution in [-0.2, 0) is 17.8 Å². The second-order valence-electron chi connectivity index (χ2n) is 5.70. The van der Waals surface area contributed by atoms with E-state index in [1.165, 1.54) is 0 Å². The predicted octanol–water partition coefficient (Wildman–Crippen LogP) is 3.86. The van der Waals surface area contributed by atoms with E-state index in [1.54, 1.807) is 19.5 Å². The molecule has 23 heavy (non-hydrogen) atoms. The largest absolute Gasteiger partial charge is 0.380 e. The molecule has 4 nitrogen and oxygen atoms in total. The molecule has 2 aromatic rings. The highest BCUT2D eigenvalue weighted by atomic mass is 35.5. The summed E-state index contributed by atoms with van der Waals surface area (Å²) >= 11 is 6.10. The van der Waals surface area contributed by atoms with E-state index in [9.17, 15) is 4.79 Å². The molecule has 0 unspecified atom stereocenters. The molecule has 120 valence electrons. The number of hydrogen-bond acceptors (Lipinski definition) is 3. The zero-order chi connectivity index (χ0) is 16.2. The van der Waals surface area contributed by atoms with E-state index in [4.69, 9.17) is 16.3 Å². The second kappa shape index (κ2) is 7.11. The van der Waals surface area contributed by atoms with Gasteiger partial charge in [-0.15, -0.1) is 0 Å². The molecule has 0 spiro atoms. The molecular weight excluding hydrogens is 312 g/mol. The number of hydrogen-bond donors (Lipinski definition) is 0. The van der Waals surface area contributed by atoms with Crippen LogP contribution < -0.4 is 4.90 Å². The molecule has 3 rings (SSSR count). The third kappa shape index (κ3) is 3.54. The Morgan fingerprint density at radius 2 is 2.17 bits per heavy atom. The molecule has 1 amide bonds. The molecule has 0 bridgehead atoms. The van der Waals surface area contributed by atoms with E-state index in [-0.39, 0.29) is 5.91 Å². The van der Waals surface area contributed by atoms with E-state index in [2.05, 4.69) is 4.98 Å². The lowest BCUT2D eigenvalue weighted by molar-refractivity contribution is 0.0986. The number of anilines is 1. The Hall–Kier alpha value is -1.91. The lowest BCUT2D eigenvalue weighted by Gasteiger charge is -2.23. The topological polar surface area (TPSA) is 42.4 Å². The first kappa shape index (κ1) is 16.0. The summed E-state index contributed by atoms with van der Waals surface area (Å²) < 4.78 is 5.12. The number of aryl methyl sites for hydroxylation is 1. The molecule has 0 atom stereocenters. The molecule has 0 saturated carbocycles. The number of pyridine rings is 1. The molecule has 1 aliphatic rings. The van der Waals surface area contributed by atoms with Crippen molar-refractivity contribution >= 4 is 23.2 Å². The Kier molecular flexibility index (Phi) is 4.94. The molecule has 1 aliphatic heterocycles. The highest BCUT2D eigenvalue weighted by Crippen LogP contribution is 2.30. The van der Waals surface area contributed by atoms with Gasteiger partial charge in [-0.05, 0) is 54.7 Å². The molecule has 1 aromatic carbocycles. The van der Waals surface area contributed by atoms with E-state index >= 15 is 0 Å². The molecule has 0 fully saturated rings. The second-order valence-corrected chi connectivity index (χ2v) is 6.14. The summed E-state index contributed by atoms with van der Waals surface area (Å²) in [5, 5.41) is 0.710. The summed E-state index contributed by atoms with van der Waals surface area (Å²) in [5.41, 5.74) is 3.56. The number of aromatic nitrogens is 1. The number of nitrogens with zero attached hydrogens (tertiary/aromatic N) is 2. The lowest BCUT2D eigenvalue weighted by atomic mass is 10.1. The minimum absolute atomic E-state index is 0.0269. The highest BCUT2D eigenvalue weighted by molar-refractivity contribution is 6.30. The Balaban J connectivity index is 1.94. The van der Waals surface area contributed by atoms with Gasteiger partial charge < -0.3 is 9.64 Å². The van der Waals surface area contributed by atoms with Gasteiger partial charge in [0.05, 0.1) is 12.2 Å². The maximum atomic E-state index is 13.0. The van der Waals surface area contributed by atoms with Crippen molar-refractivity contribution in [3.63, 3.8) is 0 Å². The predicted molar refractivity (Wildman–Crippen MR) is 91.0 cm³/mol. The summed E-state index contributed by atoms with van der Waals surface area (Å²) in [6, 6.07) is 7.58. The van der Waals surface area contributed by atoms with Crippen LogP contribution in [0.1, 0.15) is 34.3 Å². The summed E-state index contributed by atoms with van der Waals surface area (Å²) in [6.45, 7) is 1.16. The first-order valence-corrected chi connectivity index (χ1v) is 8.10. The zero-order valence-electron chi connectivity index (χ0n) is 13.1. The average molecular weight is 331 g/mol. The van der Waals surface area contributed by atoms with Crippen molar-refractivity contribution in [2.45, 2.75) is 25.9 Å². The van der Waals surface area contributed by atoms with E-state index in [1.807, 2.05) is 29.2 Å². The minimum atomic E-state index is -0.0269. The van der Waals surface area contributed by atoms with Crippen molar-refractivity contribution in [2.75, 3.05) is 18.6 Å². The quantitative estimate of drug-likeness (QED) is 0.858. The molecule has 2 heterocycles. The Morgan fingerprint density at radius 3 is 3.00 bits per heavy atom. The number of ether oxygens (including phenoxy) is 1. The Morgan fingerprint density at radius 1 is 1.30 bits per heavy atom. The normalized spacial score (nSPS) is 14.3. The maximum absolute atomic E-state index is 13.0. The molecular formula is C18H19ClN2O2. The Labute approximate surface area is 141 Å². The first-order chi connectivity index (χ1) is 11.2. The van der Waals surface area contributed by atoms with Crippen LogP contribution in [0.5, 0.6) is 0 Å². The fourth-order valence-electron chi connectivity index (χ4n) is 2.94. The third-order valence-electron chi connectivity index (χ3n) is 4.01. The van der Waals surface area contributed by atoms with Gasteiger partial charge in [-0.1, -0.05) is 11.6 Å². The van der Waals surface area contributed by atoms with E-state index < -0.39 is 0 Å². The number of fused-ring (bicyclic) bond motifs is 1. The number of carbonyl (C=O) groups is 1. The number of methoxy groups -OCH3 is 1. The van der Waals surface area contributed by atoms with Crippen LogP contribution in [0.15, 0.2) is 36.7 Å². The van der Waals surface area contributed by atoms with Gasteiger partial charge >= 0.3 is 0 Å². The van der Waals surface area contributed by atoms with Crippen LogP contribution in [0.2, 0.25) is 5.02 Å². The summed E-state index contributed by atoms with van der Waals surface area (Å²) in [5.74, 6) is -0.0269. The smallest absolute Gasteiger partial charge is 0.259 e. The van der Waals surface area contributed by atoms with Crippen molar-refractivity contribution in [2.24, 2.45) is 0 Å². The lowest BCUT2D eigenvalue weighted by Crippen LogP contribution is -2.32. The molecule has 1 aromatic heterocycles. The van der Waals surface area contributed by atoms with Gasteiger partial charge in [0, 0.05) is 36.8 Å². The molecule has 0 radical (unpaired) electrons. The average Bonchev–Trinajstić information content (AvgIpc) is 2.76. The van der Waals surface area contributed by atoms with Crippen molar-refractivity contribution in [3.05, 3.63) is 58.4 Å². The molecule has 0 N–H and O–H groups in total. The van der Waals surface area contributed by atoms with Gasteiger partial charge in [0.2, 0.25) is 0 Å². The molecule has 0 aliphatic carbocycles. The van der Waals surface area contributed by atoms with Crippen molar-refractivity contribution in [1.82, 2.24) is 4.98 Å². The van der Waals surface area contributed by atoms with Crippen molar-refractivity contribution in [1.29, 1.82) is 0 Å². The summed E-state index contributed by atoms with van der Waals surface area (Å²) in [7, 11) is 1.63. The van der Waals surface area contributed by atoms with Gasteiger partial charge in [0.25, 0.3) is 5.91 Å². The van der Waals surface area contributed by atoms with E-state index in [0.29, 0.717) is 23.7 Å². The third-order valence-corrected chi connectivity index (χ3v) is 4.24. The van der Waals surface area contributed by atoms with E-state index in [0.717, 1.165) is 36.1 Å².